The highest BCUT2D eigenvalue weighted by Crippen LogP contribution is 2.17. The molecular weight excluding hydrogens is 146 g/mol. The van der Waals surface area contributed by atoms with Gasteiger partial charge in [-0.1, -0.05) is 5.21 Å². The average molecular weight is 153 g/mol. The van der Waals surface area contributed by atoms with Gasteiger partial charge in [0.2, 0.25) is 5.91 Å². The minimum atomic E-state index is -0.374. The molecule has 1 aromatic rings. The number of nitrogens with zero attached hydrogens (tertiary/aromatic N) is 3. The molecule has 1 aromatic heterocycles. The van der Waals surface area contributed by atoms with Crippen LogP contribution in [0.2, 0.25) is 0 Å². The fraction of sp³-hybridized carbons (Fsp3) is 0.400. The zero-order valence-electron chi connectivity index (χ0n) is 5.69. The van der Waals surface area contributed by atoms with E-state index in [0.717, 1.165) is 0 Å². The molecule has 11 heavy (non-hydrogen) atoms. The van der Waals surface area contributed by atoms with Gasteiger partial charge in [-0.05, 0) is 0 Å². The van der Waals surface area contributed by atoms with Gasteiger partial charge in [0.1, 0.15) is 6.17 Å². The van der Waals surface area contributed by atoms with Crippen LogP contribution in [0.4, 0.5) is 5.82 Å². The number of anilines is 1. The first kappa shape index (κ1) is 6.29. The van der Waals surface area contributed by atoms with Crippen LogP contribution in [-0.4, -0.2) is 20.9 Å². The van der Waals surface area contributed by atoms with Crippen molar-refractivity contribution >= 4 is 11.7 Å². The molecule has 58 valence electrons. The van der Waals surface area contributed by atoms with Crippen LogP contribution in [-0.2, 0) is 4.79 Å². The van der Waals surface area contributed by atoms with Crippen molar-refractivity contribution in [1.29, 1.82) is 0 Å². The Bertz CT molecular complexity index is 293. The third kappa shape index (κ3) is 0.874. The molecule has 0 spiro atoms. The van der Waals surface area contributed by atoms with E-state index in [1.807, 2.05) is 0 Å². The lowest BCUT2D eigenvalue weighted by Crippen LogP contribution is -2.32. The molecule has 0 aliphatic carbocycles. The summed E-state index contributed by atoms with van der Waals surface area (Å²) in [6, 6.07) is 0. The predicted octanol–water partition coefficient (Wildman–Crippen LogP) is -0.922. The summed E-state index contributed by atoms with van der Waals surface area (Å²) >= 11 is 0. The number of rotatable bonds is 0. The summed E-state index contributed by atoms with van der Waals surface area (Å²) in [5.74, 6) is 0.473. The van der Waals surface area contributed by atoms with Gasteiger partial charge in [0, 0.05) is 0 Å². The first-order valence-electron chi connectivity index (χ1n) is 3.23. The number of fused-ring (bicyclic) bond motifs is 1. The zero-order valence-corrected chi connectivity index (χ0v) is 5.69. The molecule has 1 atom stereocenters. The maximum Gasteiger partial charge on any atom is 0.229 e. The zero-order chi connectivity index (χ0) is 7.84. The minimum absolute atomic E-state index is 0.0905. The second-order valence-electron chi connectivity index (χ2n) is 2.38. The minimum Gasteiger partial charge on any atom is -0.309 e. The van der Waals surface area contributed by atoms with Crippen LogP contribution < -0.4 is 11.1 Å². The van der Waals surface area contributed by atoms with Gasteiger partial charge in [-0.2, -0.15) is 0 Å². The summed E-state index contributed by atoms with van der Waals surface area (Å²) < 4.78 is 1.49. The Kier molecular flexibility index (Phi) is 1.16. The van der Waals surface area contributed by atoms with E-state index in [0.29, 0.717) is 5.82 Å². The van der Waals surface area contributed by atoms with Crippen molar-refractivity contribution in [3.8, 4) is 0 Å². The molecule has 2 rings (SSSR count). The van der Waals surface area contributed by atoms with Gasteiger partial charge in [-0.25, -0.2) is 4.68 Å². The largest absolute Gasteiger partial charge is 0.309 e. The van der Waals surface area contributed by atoms with Crippen molar-refractivity contribution in [3.63, 3.8) is 0 Å². The molecule has 0 saturated carbocycles. The molecular formula is C5H7N5O. The highest BCUT2D eigenvalue weighted by atomic mass is 16.2. The molecule has 1 amide bonds. The van der Waals surface area contributed by atoms with Crippen molar-refractivity contribution in [3.05, 3.63) is 6.20 Å². The van der Waals surface area contributed by atoms with Crippen molar-refractivity contribution in [2.75, 3.05) is 5.32 Å². The number of carbonyl (C=O) groups excluding carboxylic acids is 1. The summed E-state index contributed by atoms with van der Waals surface area (Å²) in [7, 11) is 0. The van der Waals surface area contributed by atoms with Gasteiger partial charge in [-0.15, -0.1) is 5.10 Å². The molecule has 6 nitrogen and oxygen atoms in total. The molecule has 1 aliphatic rings. The Morgan fingerprint density at radius 1 is 1.82 bits per heavy atom. The van der Waals surface area contributed by atoms with Crippen LogP contribution in [0.5, 0.6) is 0 Å². The number of nitrogens with one attached hydrogen (secondary N) is 1. The lowest BCUT2D eigenvalue weighted by molar-refractivity contribution is -0.117. The van der Waals surface area contributed by atoms with E-state index < -0.39 is 0 Å². The van der Waals surface area contributed by atoms with Crippen molar-refractivity contribution < 1.29 is 4.79 Å². The van der Waals surface area contributed by atoms with E-state index in [2.05, 4.69) is 15.6 Å². The van der Waals surface area contributed by atoms with Gasteiger partial charge in [0.25, 0.3) is 0 Å². The Labute approximate surface area is 62.4 Å². The number of hydrogen-bond donors (Lipinski definition) is 2. The van der Waals surface area contributed by atoms with Crippen molar-refractivity contribution in [1.82, 2.24) is 15.0 Å². The Balaban J connectivity index is 2.43. The van der Waals surface area contributed by atoms with Gasteiger partial charge >= 0.3 is 0 Å². The molecule has 2 heterocycles. The maximum atomic E-state index is 10.9. The van der Waals surface area contributed by atoms with E-state index in [1.54, 1.807) is 0 Å². The van der Waals surface area contributed by atoms with Gasteiger partial charge in [-0.3, -0.25) is 4.79 Å². The summed E-state index contributed by atoms with van der Waals surface area (Å²) in [6.07, 6.45) is 1.36. The van der Waals surface area contributed by atoms with Gasteiger partial charge in [0.05, 0.1) is 12.6 Å². The standard InChI is InChI=1S/C5H7N5O/c6-3-1-5(11)8-4-2-7-9-10(3)4/h2-3H,1,6H2,(H,8,11)/t3-/m1/s1. The highest BCUT2D eigenvalue weighted by Gasteiger charge is 2.21. The second kappa shape index (κ2) is 2.03. The Morgan fingerprint density at radius 3 is 3.45 bits per heavy atom. The van der Waals surface area contributed by atoms with Crippen molar-refractivity contribution in [2.24, 2.45) is 5.73 Å². The number of hydrogen-bond acceptors (Lipinski definition) is 4. The topological polar surface area (TPSA) is 85.8 Å². The molecule has 0 fully saturated rings. The average Bonchev–Trinajstić information content (AvgIpc) is 2.34. The van der Waals surface area contributed by atoms with Crippen LogP contribution in [0.1, 0.15) is 12.6 Å². The molecule has 0 saturated heterocycles. The van der Waals surface area contributed by atoms with Gasteiger partial charge < -0.3 is 11.1 Å². The fourth-order valence-electron chi connectivity index (χ4n) is 1.05. The van der Waals surface area contributed by atoms with E-state index >= 15 is 0 Å². The number of aromatic nitrogens is 3. The third-order valence-electron chi connectivity index (χ3n) is 1.55. The van der Waals surface area contributed by atoms with Crippen LogP contribution in [0.3, 0.4) is 0 Å². The quantitative estimate of drug-likeness (QED) is 0.504. The number of amides is 1. The lowest BCUT2D eigenvalue weighted by Gasteiger charge is -2.19. The molecule has 1 aliphatic heterocycles. The third-order valence-corrected chi connectivity index (χ3v) is 1.55. The van der Waals surface area contributed by atoms with E-state index in [9.17, 15) is 4.79 Å². The summed E-state index contributed by atoms with van der Waals surface area (Å²) in [4.78, 5) is 10.9. The first-order chi connectivity index (χ1) is 5.27. The van der Waals surface area contributed by atoms with E-state index in [-0.39, 0.29) is 18.5 Å². The Hall–Kier alpha value is -1.43. The SMILES string of the molecule is N[C@H]1CC(=O)Nc2cnnn21. The first-order valence-corrected chi connectivity index (χ1v) is 3.23. The van der Waals surface area contributed by atoms with Crippen LogP contribution in [0.15, 0.2) is 6.20 Å². The van der Waals surface area contributed by atoms with Gasteiger partial charge in [0.15, 0.2) is 5.82 Å². The molecule has 6 heteroatoms. The van der Waals surface area contributed by atoms with Crippen LogP contribution in [0, 0.1) is 0 Å². The predicted molar refractivity (Wildman–Crippen MR) is 36.5 cm³/mol. The maximum absolute atomic E-state index is 10.9. The molecule has 0 radical (unpaired) electrons. The summed E-state index contributed by atoms with van der Waals surface area (Å²) in [5, 5.41) is 9.90. The second-order valence-corrected chi connectivity index (χ2v) is 2.38. The Morgan fingerprint density at radius 2 is 2.64 bits per heavy atom. The van der Waals surface area contributed by atoms with E-state index in [1.165, 1.54) is 10.9 Å². The smallest absolute Gasteiger partial charge is 0.229 e. The normalized spacial score (nSPS) is 22.6. The number of nitrogens with two attached hydrogens (primary N) is 1. The lowest BCUT2D eigenvalue weighted by atomic mass is 10.3. The van der Waals surface area contributed by atoms with E-state index in [4.69, 9.17) is 5.73 Å². The molecule has 3 N–H and O–H groups in total. The fourth-order valence-corrected chi connectivity index (χ4v) is 1.05. The summed E-state index contributed by atoms with van der Waals surface area (Å²) in [5.41, 5.74) is 5.58. The number of carbonyl (C=O) groups is 1. The monoisotopic (exact) mass is 153 g/mol. The molecule has 0 bridgehead atoms. The molecule has 0 unspecified atom stereocenters. The summed E-state index contributed by atoms with van der Waals surface area (Å²) in [6.45, 7) is 0. The van der Waals surface area contributed by atoms with Crippen LogP contribution >= 0.6 is 0 Å². The van der Waals surface area contributed by atoms with Crippen molar-refractivity contribution in [2.45, 2.75) is 12.6 Å². The highest BCUT2D eigenvalue weighted by molar-refractivity contribution is 5.91. The molecule has 0 aromatic carbocycles. The van der Waals surface area contributed by atoms with Crippen LogP contribution in [0.25, 0.3) is 0 Å².